The molecule has 1 aromatic heterocycles. The van der Waals surface area contributed by atoms with Crippen LogP contribution in [0.1, 0.15) is 11.3 Å². The molecule has 1 heterocycles. The minimum absolute atomic E-state index is 0.107. The zero-order chi connectivity index (χ0) is 25.7. The Balaban J connectivity index is 1.78. The number of benzene rings is 3. The molecule has 0 radical (unpaired) electrons. The molecule has 0 aliphatic rings. The van der Waals surface area contributed by atoms with Gasteiger partial charge in [0.2, 0.25) is 17.0 Å². The summed E-state index contributed by atoms with van der Waals surface area (Å²) in [4.78, 5) is 12.9. The largest absolute Gasteiger partial charge is 0.489 e. The van der Waals surface area contributed by atoms with E-state index in [1.54, 1.807) is 0 Å². The molecule has 0 fully saturated rings. The summed E-state index contributed by atoms with van der Waals surface area (Å²) in [7, 11) is 0. The molecule has 0 bridgehead atoms. The topological polar surface area (TPSA) is 39.4 Å². The molecule has 182 valence electrons. The Morgan fingerprint density at radius 1 is 0.829 bits per heavy atom. The lowest BCUT2D eigenvalue weighted by atomic mass is 10.0. The number of fused-ring (bicyclic) bond motifs is 1. The van der Waals surface area contributed by atoms with Crippen LogP contribution in [0.5, 0.6) is 5.75 Å². The van der Waals surface area contributed by atoms with E-state index in [0.717, 1.165) is 18.2 Å². The van der Waals surface area contributed by atoms with Gasteiger partial charge in [-0.3, -0.25) is 4.79 Å². The van der Waals surface area contributed by atoms with Crippen LogP contribution < -0.4 is 10.2 Å². The van der Waals surface area contributed by atoms with Gasteiger partial charge in [0.15, 0.2) is 23.3 Å². The second-order valence-corrected chi connectivity index (χ2v) is 7.57. The molecule has 0 unspecified atom stereocenters. The minimum Gasteiger partial charge on any atom is -0.489 e. The van der Waals surface area contributed by atoms with Crippen molar-refractivity contribution in [2.24, 2.45) is 0 Å². The summed E-state index contributed by atoms with van der Waals surface area (Å²) in [6.45, 7) is -1.16. The van der Waals surface area contributed by atoms with Crippen molar-refractivity contribution in [3.63, 3.8) is 0 Å². The van der Waals surface area contributed by atoms with E-state index in [1.807, 2.05) is 0 Å². The van der Waals surface area contributed by atoms with Crippen molar-refractivity contribution in [1.29, 1.82) is 0 Å². The molecule has 0 aliphatic heterocycles. The van der Waals surface area contributed by atoms with Crippen molar-refractivity contribution >= 4 is 22.6 Å². The molecule has 3 nitrogen and oxygen atoms in total. The Morgan fingerprint density at radius 2 is 1.40 bits per heavy atom. The first-order valence-electron chi connectivity index (χ1n) is 9.47. The summed E-state index contributed by atoms with van der Waals surface area (Å²) in [5.41, 5.74) is -3.79. The van der Waals surface area contributed by atoms with Gasteiger partial charge in [-0.05, 0) is 29.8 Å². The molecule has 4 rings (SSSR count). The van der Waals surface area contributed by atoms with Gasteiger partial charge in [0.05, 0.1) is 16.5 Å². The predicted molar refractivity (Wildman–Crippen MR) is 108 cm³/mol. The second-order valence-electron chi connectivity index (χ2n) is 7.14. The van der Waals surface area contributed by atoms with Crippen LogP contribution in [0.4, 0.5) is 35.1 Å². The fraction of sp³-hybridized carbons (Fsp3) is 0.0870. The Hall–Kier alpha value is -3.60. The lowest BCUT2D eigenvalue weighted by Gasteiger charge is -2.14. The summed E-state index contributed by atoms with van der Waals surface area (Å²) >= 11 is 5.75. The molecule has 0 atom stereocenters. The Kier molecular flexibility index (Phi) is 6.22. The van der Waals surface area contributed by atoms with Crippen LogP contribution in [-0.4, -0.2) is 0 Å². The zero-order valence-electron chi connectivity index (χ0n) is 16.9. The third-order valence-electron chi connectivity index (χ3n) is 4.94. The van der Waals surface area contributed by atoms with Gasteiger partial charge in [-0.15, -0.1) is 0 Å². The average molecular weight is 521 g/mol. The molecule has 0 saturated heterocycles. The van der Waals surface area contributed by atoms with E-state index < -0.39 is 69.8 Å². The van der Waals surface area contributed by atoms with Crippen molar-refractivity contribution in [2.75, 3.05) is 0 Å². The molecular formula is C23H9ClF8O3. The summed E-state index contributed by atoms with van der Waals surface area (Å²) in [5.74, 6) is -13.0. The smallest absolute Gasteiger partial charge is 0.450 e. The van der Waals surface area contributed by atoms with Crippen LogP contribution in [0.25, 0.3) is 22.1 Å². The maximum Gasteiger partial charge on any atom is 0.450 e. The van der Waals surface area contributed by atoms with Crippen LogP contribution in [0, 0.1) is 29.1 Å². The minimum atomic E-state index is -5.09. The van der Waals surface area contributed by atoms with Gasteiger partial charge in [-0.2, -0.15) is 13.2 Å². The zero-order valence-corrected chi connectivity index (χ0v) is 17.6. The van der Waals surface area contributed by atoms with Crippen molar-refractivity contribution in [2.45, 2.75) is 12.8 Å². The predicted octanol–water partition coefficient (Wildman–Crippen LogP) is 7.41. The maximum absolute atomic E-state index is 13.8. The van der Waals surface area contributed by atoms with E-state index in [9.17, 15) is 39.9 Å². The van der Waals surface area contributed by atoms with E-state index in [1.165, 1.54) is 24.3 Å². The van der Waals surface area contributed by atoms with E-state index in [4.69, 9.17) is 20.8 Å². The Morgan fingerprint density at radius 3 is 1.97 bits per heavy atom. The number of hydrogen-bond acceptors (Lipinski definition) is 3. The highest BCUT2D eigenvalue weighted by atomic mass is 35.5. The summed E-state index contributed by atoms with van der Waals surface area (Å²) in [6, 6.07) is 7.91. The molecule has 0 saturated carbocycles. The number of ether oxygens (including phenoxy) is 1. The van der Waals surface area contributed by atoms with Crippen LogP contribution in [0.3, 0.4) is 0 Å². The van der Waals surface area contributed by atoms with Gasteiger partial charge in [0.1, 0.15) is 17.9 Å². The third-order valence-corrected chi connectivity index (χ3v) is 5.19. The van der Waals surface area contributed by atoms with Crippen LogP contribution in [-0.2, 0) is 12.8 Å². The fourth-order valence-electron chi connectivity index (χ4n) is 3.27. The average Bonchev–Trinajstić information content (AvgIpc) is 2.81. The number of hydrogen-bond donors (Lipinski definition) is 0. The summed E-state index contributed by atoms with van der Waals surface area (Å²) in [6.07, 6.45) is -5.09. The molecular weight excluding hydrogens is 512 g/mol. The molecule has 35 heavy (non-hydrogen) atoms. The summed E-state index contributed by atoms with van der Waals surface area (Å²) < 4.78 is 119. The first kappa shape index (κ1) is 24.5. The molecule has 0 N–H and O–H groups in total. The number of halogens is 9. The van der Waals surface area contributed by atoms with Crippen molar-refractivity contribution in [3.8, 4) is 16.9 Å². The van der Waals surface area contributed by atoms with E-state index in [2.05, 4.69) is 0 Å². The highest BCUT2D eigenvalue weighted by molar-refractivity contribution is 6.30. The maximum atomic E-state index is 13.8. The van der Waals surface area contributed by atoms with Crippen LogP contribution >= 0.6 is 11.6 Å². The van der Waals surface area contributed by atoms with Crippen molar-refractivity contribution in [3.05, 3.63) is 98.1 Å². The van der Waals surface area contributed by atoms with Crippen molar-refractivity contribution in [1.82, 2.24) is 0 Å². The Labute approximate surface area is 195 Å². The van der Waals surface area contributed by atoms with Gasteiger partial charge in [0, 0.05) is 11.1 Å². The van der Waals surface area contributed by atoms with Gasteiger partial charge in [0.25, 0.3) is 0 Å². The fourth-order valence-corrected chi connectivity index (χ4v) is 3.40. The highest BCUT2D eigenvalue weighted by Crippen LogP contribution is 2.38. The SMILES string of the molecule is O=c1c(-c2ccc(Cl)cc2)c(C(F)(F)F)oc2cc(OCc3c(F)c(F)c(F)c(F)c3F)ccc12. The first-order chi connectivity index (χ1) is 16.4. The van der Waals surface area contributed by atoms with E-state index in [-0.39, 0.29) is 21.7 Å². The molecule has 12 heteroatoms. The molecule has 3 aromatic carbocycles. The van der Waals surface area contributed by atoms with E-state index in [0.29, 0.717) is 0 Å². The van der Waals surface area contributed by atoms with Gasteiger partial charge in [-0.1, -0.05) is 23.7 Å². The van der Waals surface area contributed by atoms with Crippen molar-refractivity contribution < 1.29 is 44.3 Å². The lowest BCUT2D eigenvalue weighted by Crippen LogP contribution is -2.16. The standard InChI is InChI=1S/C23H9ClF8O3/c24-10-3-1-9(2-4-10)15-21(33)12-6-5-11(7-14(12)35-22(15)23(30,31)32)34-8-13-16(25)18(27)20(29)19(28)17(13)26/h1-7H,8H2. The Bertz CT molecular complexity index is 1480. The van der Waals surface area contributed by atoms with E-state index >= 15 is 0 Å². The highest BCUT2D eigenvalue weighted by Gasteiger charge is 2.39. The lowest BCUT2D eigenvalue weighted by molar-refractivity contribution is -0.152. The normalized spacial score (nSPS) is 11.8. The number of alkyl halides is 3. The molecule has 0 spiro atoms. The van der Waals surface area contributed by atoms with Gasteiger partial charge >= 0.3 is 6.18 Å². The molecule has 4 aromatic rings. The van der Waals surface area contributed by atoms with Gasteiger partial charge in [-0.25, -0.2) is 22.0 Å². The molecule has 0 amide bonds. The molecule has 0 aliphatic carbocycles. The van der Waals surface area contributed by atoms with Crippen LogP contribution in [0.2, 0.25) is 5.02 Å². The third kappa shape index (κ3) is 4.43. The quantitative estimate of drug-likeness (QED) is 0.160. The number of rotatable bonds is 4. The summed E-state index contributed by atoms with van der Waals surface area (Å²) in [5, 5.41) is -0.0606. The monoisotopic (exact) mass is 520 g/mol. The second kappa shape index (κ2) is 8.88. The first-order valence-corrected chi connectivity index (χ1v) is 9.85. The van der Waals surface area contributed by atoms with Gasteiger partial charge < -0.3 is 9.15 Å². The van der Waals surface area contributed by atoms with Crippen LogP contribution in [0.15, 0.2) is 51.7 Å².